The lowest BCUT2D eigenvalue weighted by atomic mass is 10.4. The summed E-state index contributed by atoms with van der Waals surface area (Å²) in [6.45, 7) is 1.98. The molecule has 0 radical (unpaired) electrons. The quantitative estimate of drug-likeness (QED) is 0.435. The first-order valence-corrected chi connectivity index (χ1v) is 2.97. The van der Waals surface area contributed by atoms with Crippen LogP contribution in [0, 0.1) is 0 Å². The van der Waals surface area contributed by atoms with Gasteiger partial charge in [0, 0.05) is 6.42 Å². The van der Waals surface area contributed by atoms with Gasteiger partial charge in [0.1, 0.15) is 0 Å². The second-order valence-electron chi connectivity index (χ2n) is 3.01. The lowest BCUT2D eigenvalue weighted by Crippen LogP contribution is -2.44. The summed E-state index contributed by atoms with van der Waals surface area (Å²) in [5, 5.41) is 9.17. The first-order chi connectivity index (χ1) is 3.48. The van der Waals surface area contributed by atoms with Gasteiger partial charge < -0.3 is 15.1 Å². The van der Waals surface area contributed by atoms with Crippen molar-refractivity contribution < 1.29 is 15.1 Å². The fourth-order valence-electron chi connectivity index (χ4n) is 0.548. The Bertz CT molecular complexity index is 67.9. The van der Waals surface area contributed by atoms with Gasteiger partial charge in [-0.2, -0.15) is 0 Å². The Morgan fingerprint density at radius 2 is 1.67 bits per heavy atom. The summed E-state index contributed by atoms with van der Waals surface area (Å²) in [5.41, 5.74) is 0. The van der Waals surface area contributed by atoms with Crippen LogP contribution in [-0.4, -0.2) is 42.4 Å². The van der Waals surface area contributed by atoms with E-state index in [1.807, 2.05) is 28.1 Å². The van der Waals surface area contributed by atoms with E-state index in [1.54, 1.807) is 0 Å². The Labute approximate surface area is 56.8 Å². The maximum atomic E-state index is 9.17. The van der Waals surface area contributed by atoms with Gasteiger partial charge in [0.15, 0.2) is 6.23 Å². The summed E-state index contributed by atoms with van der Waals surface area (Å²) in [6.07, 6.45) is 0.610. The standard InChI is InChI=1S/C6H16NO.H2O/c1-5-6(8)7(2,3)4;/h6,8H,5H2,1-4H3;1H2/q+1;/p-1. The topological polar surface area (TPSA) is 50.2 Å². The summed E-state index contributed by atoms with van der Waals surface area (Å²) in [5.74, 6) is 0. The molecule has 0 aromatic rings. The molecule has 0 fully saturated rings. The smallest absolute Gasteiger partial charge is 0.189 e. The normalized spacial score (nSPS) is 14.3. The number of quaternary nitrogens is 1. The molecule has 0 amide bonds. The molecule has 0 spiro atoms. The van der Waals surface area contributed by atoms with Gasteiger partial charge in [-0.1, -0.05) is 6.92 Å². The summed E-state index contributed by atoms with van der Waals surface area (Å²) in [7, 11) is 5.94. The van der Waals surface area contributed by atoms with Gasteiger partial charge in [-0.15, -0.1) is 0 Å². The first kappa shape index (κ1) is 11.6. The zero-order valence-electron chi connectivity index (χ0n) is 6.63. The third kappa shape index (κ3) is 4.39. The van der Waals surface area contributed by atoms with Crippen LogP contribution in [0.2, 0.25) is 0 Å². The van der Waals surface area contributed by atoms with Crippen LogP contribution in [0.4, 0.5) is 0 Å². The van der Waals surface area contributed by atoms with Gasteiger partial charge in [0.2, 0.25) is 0 Å². The molecule has 3 heteroatoms. The van der Waals surface area contributed by atoms with Crippen molar-refractivity contribution in [3.8, 4) is 0 Å². The maximum absolute atomic E-state index is 9.17. The molecule has 0 aliphatic carbocycles. The molecule has 0 aliphatic rings. The molecule has 1 unspecified atom stereocenters. The van der Waals surface area contributed by atoms with Crippen molar-refractivity contribution in [3.63, 3.8) is 0 Å². The highest BCUT2D eigenvalue weighted by atomic mass is 16.3. The summed E-state index contributed by atoms with van der Waals surface area (Å²) >= 11 is 0. The minimum absolute atomic E-state index is 0. The lowest BCUT2D eigenvalue weighted by molar-refractivity contribution is -0.918. The molecule has 9 heavy (non-hydrogen) atoms. The average Bonchev–Trinajstić information content (AvgIpc) is 1.62. The zero-order chi connectivity index (χ0) is 6.78. The summed E-state index contributed by atoms with van der Waals surface area (Å²) in [4.78, 5) is 0. The molecule has 0 saturated heterocycles. The zero-order valence-corrected chi connectivity index (χ0v) is 6.63. The van der Waals surface area contributed by atoms with Gasteiger partial charge in [0.25, 0.3) is 0 Å². The third-order valence-corrected chi connectivity index (χ3v) is 1.26. The molecule has 2 N–H and O–H groups in total. The minimum atomic E-state index is -0.213. The lowest BCUT2D eigenvalue weighted by Gasteiger charge is -2.28. The van der Waals surface area contributed by atoms with Crippen molar-refractivity contribution in [1.29, 1.82) is 0 Å². The monoisotopic (exact) mass is 135 g/mol. The summed E-state index contributed by atoms with van der Waals surface area (Å²) < 4.78 is 0.635. The molecule has 3 nitrogen and oxygen atoms in total. The van der Waals surface area contributed by atoms with Crippen molar-refractivity contribution in [2.75, 3.05) is 21.1 Å². The number of nitrogens with zero attached hydrogens (tertiary/aromatic N) is 1. The molecule has 0 bridgehead atoms. The molecule has 0 saturated carbocycles. The van der Waals surface area contributed by atoms with Crippen molar-refractivity contribution in [2.24, 2.45) is 0 Å². The molecule has 0 aliphatic heterocycles. The second-order valence-corrected chi connectivity index (χ2v) is 3.01. The van der Waals surface area contributed by atoms with Crippen LogP contribution in [0.15, 0.2) is 0 Å². The van der Waals surface area contributed by atoms with E-state index < -0.39 is 0 Å². The third-order valence-electron chi connectivity index (χ3n) is 1.26. The Balaban J connectivity index is 0. The van der Waals surface area contributed by atoms with Gasteiger partial charge >= 0.3 is 0 Å². The molecule has 0 rings (SSSR count). The van der Waals surface area contributed by atoms with Crippen LogP contribution in [0.25, 0.3) is 0 Å². The van der Waals surface area contributed by atoms with Gasteiger partial charge in [-0.3, -0.25) is 0 Å². The molecular weight excluding hydrogens is 118 g/mol. The summed E-state index contributed by atoms with van der Waals surface area (Å²) in [6, 6.07) is 0. The number of rotatable bonds is 2. The van der Waals surface area contributed by atoms with Crippen molar-refractivity contribution in [1.82, 2.24) is 0 Å². The van der Waals surface area contributed by atoms with Crippen molar-refractivity contribution in [3.05, 3.63) is 0 Å². The van der Waals surface area contributed by atoms with Crippen molar-refractivity contribution >= 4 is 0 Å². The van der Waals surface area contributed by atoms with Crippen molar-refractivity contribution in [2.45, 2.75) is 19.6 Å². The average molecular weight is 135 g/mol. The van der Waals surface area contributed by atoms with Crippen LogP contribution in [0.1, 0.15) is 13.3 Å². The second kappa shape index (κ2) is 3.82. The van der Waals surface area contributed by atoms with E-state index in [9.17, 15) is 0 Å². The van der Waals surface area contributed by atoms with E-state index in [4.69, 9.17) is 5.11 Å². The molecular formula is C6H17NO2. The fourth-order valence-corrected chi connectivity index (χ4v) is 0.548. The molecule has 58 valence electrons. The van der Waals surface area contributed by atoms with E-state index in [2.05, 4.69) is 0 Å². The van der Waals surface area contributed by atoms with E-state index in [0.29, 0.717) is 4.48 Å². The molecule has 1 atom stereocenters. The van der Waals surface area contributed by atoms with E-state index in [-0.39, 0.29) is 11.7 Å². The first-order valence-electron chi connectivity index (χ1n) is 2.97. The fraction of sp³-hybridized carbons (Fsp3) is 1.00. The van der Waals surface area contributed by atoms with E-state index >= 15 is 0 Å². The highest BCUT2D eigenvalue weighted by Crippen LogP contribution is 2.01. The Kier molecular flexibility index (Phi) is 4.95. The number of hydrogen-bond acceptors (Lipinski definition) is 2. The van der Waals surface area contributed by atoms with Crippen LogP contribution in [0.5, 0.6) is 0 Å². The number of aliphatic hydroxyl groups excluding tert-OH is 1. The predicted molar refractivity (Wildman–Crippen MR) is 36.3 cm³/mol. The van der Waals surface area contributed by atoms with Crippen LogP contribution in [0.3, 0.4) is 0 Å². The maximum Gasteiger partial charge on any atom is 0.189 e. The van der Waals surface area contributed by atoms with Gasteiger partial charge in [-0.05, 0) is 0 Å². The van der Waals surface area contributed by atoms with E-state index in [1.165, 1.54) is 0 Å². The highest BCUT2D eigenvalue weighted by molar-refractivity contribution is 4.30. The predicted octanol–water partition coefficient (Wildman–Crippen LogP) is 0.244. The van der Waals surface area contributed by atoms with Crippen LogP contribution in [-0.2, 0) is 0 Å². The molecule has 0 aromatic carbocycles. The number of aliphatic hydroxyl groups is 1. The van der Waals surface area contributed by atoms with Crippen LogP contribution < -0.4 is 0 Å². The molecule has 0 aromatic heterocycles. The Morgan fingerprint density at radius 3 is 1.67 bits per heavy atom. The minimum Gasteiger partial charge on any atom is -0.870 e. The highest BCUT2D eigenvalue weighted by Gasteiger charge is 2.16. The van der Waals surface area contributed by atoms with Gasteiger partial charge in [-0.25, -0.2) is 0 Å². The SMILES string of the molecule is CCC(O)[N+](C)(C)C.[OH-]. The Hall–Kier alpha value is -0.120. The van der Waals surface area contributed by atoms with Crippen LogP contribution >= 0.6 is 0 Å². The molecule has 0 heterocycles. The van der Waals surface area contributed by atoms with Gasteiger partial charge in [0.05, 0.1) is 21.1 Å². The number of hydrogen-bond donors (Lipinski definition) is 1. The largest absolute Gasteiger partial charge is 0.870 e. The van der Waals surface area contributed by atoms with E-state index in [0.717, 1.165) is 6.42 Å². The Morgan fingerprint density at radius 1 is 1.33 bits per heavy atom.